The number of nitrogens with zero attached hydrogens (tertiary/aromatic N) is 1. The number of imidazole rings is 1. The van der Waals surface area contributed by atoms with E-state index in [1.54, 1.807) is 19.2 Å². The molecule has 2 fully saturated rings. The van der Waals surface area contributed by atoms with E-state index in [2.05, 4.69) is 15.3 Å². The number of phenolic OH excluding ortho intramolecular Hbond substituents is 1. The SMILES string of the molecule is C[C@H]1c2ccc(Nc3ncc(-c4ccc(-c5ccccc5)cc4)[nH]3)c(O)c2C(=O)C2C(=O)[C@]3(O)C(=O)C(C(N)=O)C(=O)C[C@@H]3[C@@H](O)[C@@H]21. The van der Waals surface area contributed by atoms with Crippen LogP contribution in [0.2, 0.25) is 0 Å². The van der Waals surface area contributed by atoms with Crippen LogP contribution < -0.4 is 11.1 Å². The lowest BCUT2D eigenvalue weighted by molar-refractivity contribution is -0.189. The Morgan fingerprint density at radius 1 is 0.957 bits per heavy atom. The number of benzene rings is 3. The minimum Gasteiger partial charge on any atom is -0.505 e. The lowest BCUT2D eigenvalue weighted by Crippen LogP contribution is -2.72. The highest BCUT2D eigenvalue weighted by molar-refractivity contribution is 6.31. The Labute approximate surface area is 267 Å². The molecule has 1 aromatic heterocycles. The van der Waals surface area contributed by atoms with E-state index in [1.807, 2.05) is 54.6 Å². The first-order chi connectivity index (χ1) is 22.4. The van der Waals surface area contributed by atoms with Crippen molar-refractivity contribution < 1.29 is 39.3 Å². The third kappa shape index (κ3) is 4.43. The Kier molecular flexibility index (Phi) is 6.95. The number of aromatic hydroxyl groups is 1. The summed E-state index contributed by atoms with van der Waals surface area (Å²) in [5, 5.41) is 37.1. The van der Waals surface area contributed by atoms with Gasteiger partial charge in [-0.1, -0.05) is 67.6 Å². The Bertz CT molecular complexity index is 1990. The third-order valence-corrected chi connectivity index (χ3v) is 9.99. The topological polar surface area (TPSA) is 213 Å². The second-order valence-electron chi connectivity index (χ2n) is 12.4. The van der Waals surface area contributed by atoms with Gasteiger partial charge in [-0.15, -0.1) is 0 Å². The van der Waals surface area contributed by atoms with E-state index in [4.69, 9.17) is 5.73 Å². The van der Waals surface area contributed by atoms with Crippen molar-refractivity contribution in [3.63, 3.8) is 0 Å². The second-order valence-corrected chi connectivity index (χ2v) is 12.4. The summed E-state index contributed by atoms with van der Waals surface area (Å²) in [4.78, 5) is 73.1. The largest absolute Gasteiger partial charge is 0.505 e. The molecule has 3 aliphatic rings. The lowest BCUT2D eigenvalue weighted by atomic mass is 9.50. The van der Waals surface area contributed by atoms with Gasteiger partial charge in [0.2, 0.25) is 11.9 Å². The van der Waals surface area contributed by atoms with Crippen LogP contribution in [0, 0.1) is 23.7 Å². The van der Waals surface area contributed by atoms with E-state index in [0.29, 0.717) is 11.3 Å². The molecule has 4 aromatic rings. The number of rotatable bonds is 5. The van der Waals surface area contributed by atoms with E-state index in [0.717, 1.165) is 16.7 Å². The maximum Gasteiger partial charge on any atom is 0.235 e. The van der Waals surface area contributed by atoms with Gasteiger partial charge < -0.3 is 31.4 Å². The van der Waals surface area contributed by atoms with E-state index < -0.39 is 82.5 Å². The van der Waals surface area contributed by atoms with Crippen molar-refractivity contribution in [2.24, 2.45) is 29.4 Å². The van der Waals surface area contributed by atoms with Crippen LogP contribution >= 0.6 is 0 Å². The number of carbonyl (C=O) groups excluding carboxylic acids is 5. The molecular formula is C35H30N4O8. The van der Waals surface area contributed by atoms with Gasteiger partial charge in [-0.05, 0) is 34.2 Å². The molecule has 3 aliphatic carbocycles. The third-order valence-electron chi connectivity index (χ3n) is 9.99. The summed E-state index contributed by atoms with van der Waals surface area (Å²) in [6.45, 7) is 1.65. The normalized spacial score (nSPS) is 28.3. The molecule has 12 heteroatoms. The van der Waals surface area contributed by atoms with Gasteiger partial charge in [0, 0.05) is 18.3 Å². The number of carbonyl (C=O) groups is 5. The van der Waals surface area contributed by atoms with Crippen molar-refractivity contribution in [3.05, 3.63) is 84.1 Å². The van der Waals surface area contributed by atoms with Gasteiger partial charge in [0.15, 0.2) is 34.7 Å². The van der Waals surface area contributed by atoms with Crippen LogP contribution in [0.25, 0.3) is 22.4 Å². The number of hydrogen-bond acceptors (Lipinski definition) is 10. The molecule has 2 saturated carbocycles. The average Bonchev–Trinajstić information content (AvgIpc) is 3.53. The monoisotopic (exact) mass is 634 g/mol. The summed E-state index contributed by atoms with van der Waals surface area (Å²) in [6, 6.07) is 20.9. The molecule has 1 amide bonds. The lowest BCUT2D eigenvalue weighted by Gasteiger charge is -2.52. The van der Waals surface area contributed by atoms with Gasteiger partial charge in [0.05, 0.1) is 35.2 Å². The summed E-state index contributed by atoms with van der Waals surface area (Å²) in [7, 11) is 0. The number of anilines is 2. The van der Waals surface area contributed by atoms with Crippen LogP contribution in [0.5, 0.6) is 5.75 Å². The predicted octanol–water partition coefficient (Wildman–Crippen LogP) is 2.66. The van der Waals surface area contributed by atoms with Crippen molar-refractivity contribution in [2.75, 3.05) is 5.32 Å². The number of primary amides is 1. The number of phenols is 1. The molecule has 3 aromatic carbocycles. The minimum absolute atomic E-state index is 0.0941. The van der Waals surface area contributed by atoms with Gasteiger partial charge in [0.1, 0.15) is 5.75 Å². The van der Waals surface area contributed by atoms with Crippen molar-refractivity contribution in [2.45, 2.75) is 31.0 Å². The summed E-state index contributed by atoms with van der Waals surface area (Å²) in [6.07, 6.45) is -0.659. The number of aromatic amines is 1. The Balaban J connectivity index is 1.19. The number of nitrogens with two attached hydrogens (primary N) is 1. The molecule has 7 atom stereocenters. The highest BCUT2D eigenvalue weighted by atomic mass is 16.3. The standard InChI is InChI=1S/C35H30N4O8/c1-15-19-11-12-21(38-34-37-14-22(39-34)18-9-7-17(8-10-18)16-5-3-2-4-6-16)29(42)25(19)30(43)27-24(15)28(41)20-13-23(40)26(33(36)46)31(44)35(20,47)32(27)45/h2-12,14-15,20,24,26-28,41-42,47H,13H2,1H3,(H2,36,46)(H2,37,38,39)/t15-,20+,24+,26?,27?,28+,35+/m0/s1. The highest BCUT2D eigenvalue weighted by Gasteiger charge is 2.69. The average molecular weight is 635 g/mol. The molecular weight excluding hydrogens is 604 g/mol. The number of amides is 1. The first-order valence-electron chi connectivity index (χ1n) is 15.1. The van der Waals surface area contributed by atoms with Crippen molar-refractivity contribution in [1.82, 2.24) is 9.97 Å². The fourth-order valence-electron chi connectivity index (χ4n) is 7.59. The number of Topliss-reactive ketones (excluding diaryl/α,β-unsaturated/α-hetero) is 4. The number of aromatic nitrogens is 2. The zero-order valence-corrected chi connectivity index (χ0v) is 25.0. The molecule has 0 aliphatic heterocycles. The number of hydrogen-bond donors (Lipinski definition) is 6. The van der Waals surface area contributed by atoms with Gasteiger partial charge in [-0.25, -0.2) is 4.98 Å². The zero-order valence-electron chi connectivity index (χ0n) is 25.0. The van der Waals surface area contributed by atoms with Crippen LogP contribution in [0.15, 0.2) is 72.9 Å². The molecule has 238 valence electrons. The molecule has 7 N–H and O–H groups in total. The molecule has 47 heavy (non-hydrogen) atoms. The van der Waals surface area contributed by atoms with E-state index in [-0.39, 0.29) is 17.2 Å². The van der Waals surface area contributed by atoms with Crippen molar-refractivity contribution >= 4 is 40.7 Å². The number of aliphatic hydroxyl groups is 2. The maximum absolute atomic E-state index is 14.0. The first-order valence-corrected chi connectivity index (χ1v) is 15.1. The molecule has 0 saturated heterocycles. The predicted molar refractivity (Wildman–Crippen MR) is 167 cm³/mol. The minimum atomic E-state index is -2.98. The zero-order chi connectivity index (χ0) is 33.4. The van der Waals surface area contributed by atoms with Crippen LogP contribution in [0.4, 0.5) is 11.6 Å². The molecule has 1 heterocycles. The molecule has 2 unspecified atom stereocenters. The number of fused-ring (bicyclic) bond motifs is 3. The molecule has 0 radical (unpaired) electrons. The summed E-state index contributed by atoms with van der Waals surface area (Å²) >= 11 is 0. The molecule has 7 rings (SSSR count). The number of ketones is 4. The Morgan fingerprint density at radius 3 is 2.30 bits per heavy atom. The second kappa shape index (κ2) is 10.8. The first kappa shape index (κ1) is 30.2. The van der Waals surface area contributed by atoms with E-state index in [9.17, 15) is 39.3 Å². The Morgan fingerprint density at radius 2 is 1.62 bits per heavy atom. The number of aliphatic hydroxyl groups excluding tert-OH is 1. The smallest absolute Gasteiger partial charge is 0.235 e. The highest BCUT2D eigenvalue weighted by Crippen LogP contribution is 2.54. The van der Waals surface area contributed by atoms with Crippen LogP contribution in [0.3, 0.4) is 0 Å². The maximum atomic E-state index is 14.0. The fraction of sp³-hybridized carbons (Fsp3) is 0.257. The summed E-state index contributed by atoms with van der Waals surface area (Å²) in [5.74, 6) is -13.2. The van der Waals surface area contributed by atoms with Crippen LogP contribution in [0.1, 0.15) is 35.2 Å². The van der Waals surface area contributed by atoms with Crippen LogP contribution in [-0.4, -0.2) is 66.0 Å². The number of nitrogens with one attached hydrogen (secondary N) is 2. The van der Waals surface area contributed by atoms with E-state index in [1.165, 1.54) is 6.07 Å². The Hall–Kier alpha value is -5.46. The quantitative estimate of drug-likeness (QED) is 0.139. The molecule has 0 spiro atoms. The summed E-state index contributed by atoms with van der Waals surface area (Å²) < 4.78 is 0. The molecule has 12 nitrogen and oxygen atoms in total. The van der Waals surface area contributed by atoms with Gasteiger partial charge in [0.25, 0.3) is 0 Å². The van der Waals surface area contributed by atoms with Crippen molar-refractivity contribution in [1.29, 1.82) is 0 Å². The van der Waals surface area contributed by atoms with Gasteiger partial charge in [-0.2, -0.15) is 0 Å². The molecule has 0 bridgehead atoms. The number of H-pyrrole nitrogens is 1. The fourth-order valence-corrected chi connectivity index (χ4v) is 7.59. The van der Waals surface area contributed by atoms with E-state index >= 15 is 0 Å². The van der Waals surface area contributed by atoms with Gasteiger partial charge >= 0.3 is 0 Å². The van der Waals surface area contributed by atoms with Crippen molar-refractivity contribution in [3.8, 4) is 28.1 Å². The van der Waals surface area contributed by atoms with Gasteiger partial charge in [-0.3, -0.25) is 24.0 Å². The van der Waals surface area contributed by atoms with Crippen LogP contribution in [-0.2, 0) is 19.2 Å². The summed E-state index contributed by atoms with van der Waals surface area (Å²) in [5.41, 5.74) is 6.17.